The Labute approximate surface area is 141 Å². The van der Waals surface area contributed by atoms with Gasteiger partial charge in [0.15, 0.2) is 29.7 Å². The van der Waals surface area contributed by atoms with Crippen LogP contribution in [0.25, 0.3) is 0 Å². The number of fused-ring (bicyclic) bond motifs is 1. The van der Waals surface area contributed by atoms with Gasteiger partial charge in [0.25, 0.3) is 5.91 Å². The van der Waals surface area contributed by atoms with Gasteiger partial charge in [-0.2, -0.15) is 0 Å². The fourth-order valence-electron chi connectivity index (χ4n) is 2.14. The summed E-state index contributed by atoms with van der Waals surface area (Å²) < 4.78 is 41.6. The van der Waals surface area contributed by atoms with E-state index >= 15 is 0 Å². The number of ether oxygens (including phenoxy) is 3. The van der Waals surface area contributed by atoms with Crippen LogP contribution in [0.3, 0.4) is 0 Å². The molecule has 2 aromatic rings. The molecule has 8 heteroatoms. The number of rotatable bonds is 4. The third kappa shape index (κ3) is 4.03. The minimum Gasteiger partial charge on any atom is -0.485 e. The summed E-state index contributed by atoms with van der Waals surface area (Å²) in [6.45, 7) is -0.639. The molecule has 1 atom stereocenters. The van der Waals surface area contributed by atoms with Gasteiger partial charge in [0.05, 0.1) is 0 Å². The van der Waals surface area contributed by atoms with Crippen molar-refractivity contribution in [2.75, 3.05) is 18.5 Å². The molecule has 1 amide bonds. The van der Waals surface area contributed by atoms with Crippen LogP contribution in [0.1, 0.15) is 0 Å². The zero-order chi connectivity index (χ0) is 17.8. The van der Waals surface area contributed by atoms with E-state index in [0.29, 0.717) is 11.5 Å². The smallest absolute Gasteiger partial charge is 0.351 e. The number of nitrogens with one attached hydrogen (secondary N) is 1. The Hall–Kier alpha value is -3.16. The Morgan fingerprint density at radius 1 is 1.12 bits per heavy atom. The molecule has 130 valence electrons. The first kappa shape index (κ1) is 16.7. The molecule has 1 aliphatic rings. The first-order valence-electron chi connectivity index (χ1n) is 7.33. The predicted molar refractivity (Wildman–Crippen MR) is 82.3 cm³/mol. The molecule has 0 spiro atoms. The third-order valence-corrected chi connectivity index (χ3v) is 3.32. The third-order valence-electron chi connectivity index (χ3n) is 3.32. The highest BCUT2D eigenvalue weighted by Crippen LogP contribution is 2.31. The number of hydrogen-bond acceptors (Lipinski definition) is 5. The fraction of sp³-hybridized carbons (Fsp3) is 0.176. The standard InChI is InChI=1S/C17H13F2NO5/c18-11-6-5-10(7-12(11)19)20-16(21)9-24-17(22)15-8-23-13-3-1-2-4-14(13)25-15/h1-7,15H,8-9H2,(H,20,21)/t15-/m1/s1. The molecule has 0 bridgehead atoms. The van der Waals surface area contributed by atoms with Crippen LogP contribution in [0.4, 0.5) is 14.5 Å². The van der Waals surface area contributed by atoms with Crippen molar-refractivity contribution in [1.29, 1.82) is 0 Å². The maximum Gasteiger partial charge on any atom is 0.351 e. The largest absolute Gasteiger partial charge is 0.485 e. The zero-order valence-corrected chi connectivity index (χ0v) is 12.8. The number of amides is 1. The number of hydrogen-bond donors (Lipinski definition) is 1. The van der Waals surface area contributed by atoms with Crippen molar-refractivity contribution in [3.63, 3.8) is 0 Å². The Morgan fingerprint density at radius 3 is 2.64 bits per heavy atom. The van der Waals surface area contributed by atoms with Crippen LogP contribution >= 0.6 is 0 Å². The highest BCUT2D eigenvalue weighted by molar-refractivity contribution is 5.93. The molecule has 1 heterocycles. The second-order valence-corrected chi connectivity index (χ2v) is 5.15. The molecule has 1 N–H and O–H groups in total. The Balaban J connectivity index is 1.50. The van der Waals surface area contributed by atoms with Crippen LogP contribution in [0, 0.1) is 11.6 Å². The molecule has 0 aliphatic carbocycles. The molecule has 0 radical (unpaired) electrons. The number of halogens is 2. The minimum absolute atomic E-state index is 0.0410. The van der Waals surface area contributed by atoms with Crippen LogP contribution < -0.4 is 14.8 Å². The number of para-hydroxylation sites is 2. The maximum absolute atomic E-state index is 13.1. The van der Waals surface area contributed by atoms with Crippen LogP contribution in [-0.2, 0) is 14.3 Å². The van der Waals surface area contributed by atoms with Crippen molar-refractivity contribution in [3.05, 3.63) is 54.1 Å². The molecular formula is C17H13F2NO5. The summed E-state index contributed by atoms with van der Waals surface area (Å²) in [5.41, 5.74) is 0.0473. The number of carbonyl (C=O) groups is 2. The lowest BCUT2D eigenvalue weighted by atomic mass is 10.2. The van der Waals surface area contributed by atoms with E-state index in [1.54, 1.807) is 24.3 Å². The Morgan fingerprint density at radius 2 is 1.88 bits per heavy atom. The van der Waals surface area contributed by atoms with Gasteiger partial charge in [-0.3, -0.25) is 4.79 Å². The lowest BCUT2D eigenvalue weighted by Crippen LogP contribution is -2.39. The average molecular weight is 349 g/mol. The van der Waals surface area contributed by atoms with E-state index in [1.807, 2.05) is 0 Å². The van der Waals surface area contributed by atoms with Crippen LogP contribution in [0.5, 0.6) is 11.5 Å². The van der Waals surface area contributed by atoms with Crippen LogP contribution in [-0.4, -0.2) is 31.2 Å². The predicted octanol–water partition coefficient (Wildman–Crippen LogP) is 2.29. The molecule has 0 saturated carbocycles. The topological polar surface area (TPSA) is 73.9 Å². The lowest BCUT2D eigenvalue weighted by Gasteiger charge is -2.24. The van der Waals surface area contributed by atoms with E-state index in [1.165, 1.54) is 6.07 Å². The summed E-state index contributed by atoms with van der Waals surface area (Å²) in [4.78, 5) is 23.7. The molecule has 2 aromatic carbocycles. The molecule has 1 aliphatic heterocycles. The van der Waals surface area contributed by atoms with Gasteiger partial charge in [-0.1, -0.05) is 12.1 Å². The van der Waals surface area contributed by atoms with E-state index in [2.05, 4.69) is 5.32 Å². The molecule has 0 fully saturated rings. The van der Waals surface area contributed by atoms with Crippen molar-refractivity contribution in [1.82, 2.24) is 0 Å². The Bertz CT molecular complexity index is 811. The molecule has 6 nitrogen and oxygen atoms in total. The summed E-state index contributed by atoms with van der Waals surface area (Å²) in [5, 5.41) is 2.29. The number of carbonyl (C=O) groups excluding carboxylic acids is 2. The van der Waals surface area contributed by atoms with Crippen molar-refractivity contribution in [2.24, 2.45) is 0 Å². The summed E-state index contributed by atoms with van der Waals surface area (Å²) >= 11 is 0. The van der Waals surface area contributed by atoms with E-state index in [0.717, 1.165) is 12.1 Å². The van der Waals surface area contributed by atoms with Gasteiger partial charge in [-0.05, 0) is 24.3 Å². The van der Waals surface area contributed by atoms with Gasteiger partial charge in [0.2, 0.25) is 6.10 Å². The highest BCUT2D eigenvalue weighted by Gasteiger charge is 2.29. The normalized spacial score (nSPS) is 15.4. The SMILES string of the molecule is O=C(COC(=O)[C@H]1COc2ccccc2O1)Nc1ccc(F)c(F)c1. The van der Waals surface area contributed by atoms with Gasteiger partial charge in [-0.15, -0.1) is 0 Å². The van der Waals surface area contributed by atoms with Gasteiger partial charge >= 0.3 is 5.97 Å². The molecule has 25 heavy (non-hydrogen) atoms. The summed E-state index contributed by atoms with van der Waals surface area (Å²) in [7, 11) is 0. The molecular weight excluding hydrogens is 336 g/mol. The summed E-state index contributed by atoms with van der Waals surface area (Å²) in [6.07, 6.45) is -0.994. The van der Waals surface area contributed by atoms with Crippen molar-refractivity contribution in [3.8, 4) is 11.5 Å². The minimum atomic E-state index is -1.10. The van der Waals surface area contributed by atoms with E-state index in [-0.39, 0.29) is 12.3 Å². The van der Waals surface area contributed by atoms with Gasteiger partial charge < -0.3 is 19.5 Å². The molecule has 3 rings (SSSR count). The number of anilines is 1. The van der Waals surface area contributed by atoms with Crippen LogP contribution in [0.2, 0.25) is 0 Å². The second-order valence-electron chi connectivity index (χ2n) is 5.15. The van der Waals surface area contributed by atoms with Crippen molar-refractivity contribution >= 4 is 17.6 Å². The van der Waals surface area contributed by atoms with Gasteiger partial charge in [-0.25, -0.2) is 13.6 Å². The second kappa shape index (κ2) is 7.16. The fourth-order valence-corrected chi connectivity index (χ4v) is 2.14. The van der Waals surface area contributed by atoms with E-state index in [9.17, 15) is 18.4 Å². The number of esters is 1. The summed E-state index contributed by atoms with van der Waals surface area (Å²) in [5.74, 6) is -2.67. The lowest BCUT2D eigenvalue weighted by molar-refractivity contribution is -0.156. The maximum atomic E-state index is 13.1. The molecule has 0 saturated heterocycles. The average Bonchev–Trinajstić information content (AvgIpc) is 2.62. The monoisotopic (exact) mass is 349 g/mol. The van der Waals surface area contributed by atoms with E-state index in [4.69, 9.17) is 14.2 Å². The van der Waals surface area contributed by atoms with Crippen molar-refractivity contribution in [2.45, 2.75) is 6.10 Å². The van der Waals surface area contributed by atoms with Gasteiger partial charge in [0, 0.05) is 11.8 Å². The Kier molecular flexibility index (Phi) is 4.78. The first-order chi connectivity index (χ1) is 12.0. The van der Waals surface area contributed by atoms with E-state index < -0.39 is 36.2 Å². The number of benzene rings is 2. The highest BCUT2D eigenvalue weighted by atomic mass is 19.2. The zero-order valence-electron chi connectivity index (χ0n) is 12.8. The molecule has 0 unspecified atom stereocenters. The van der Waals surface area contributed by atoms with Crippen molar-refractivity contribution < 1.29 is 32.6 Å². The first-order valence-corrected chi connectivity index (χ1v) is 7.33. The van der Waals surface area contributed by atoms with Gasteiger partial charge in [0.1, 0.15) is 6.61 Å². The summed E-state index contributed by atoms with van der Waals surface area (Å²) in [6, 6.07) is 9.73. The van der Waals surface area contributed by atoms with Crippen LogP contribution in [0.15, 0.2) is 42.5 Å². The quantitative estimate of drug-likeness (QED) is 0.858. The molecule has 0 aromatic heterocycles.